The van der Waals surface area contributed by atoms with Gasteiger partial charge in [0.25, 0.3) is 0 Å². The predicted molar refractivity (Wildman–Crippen MR) is 91.5 cm³/mol. The summed E-state index contributed by atoms with van der Waals surface area (Å²) in [7, 11) is 0. The van der Waals surface area contributed by atoms with Gasteiger partial charge >= 0.3 is 6.09 Å². The van der Waals surface area contributed by atoms with Crippen molar-refractivity contribution in [1.82, 2.24) is 4.90 Å². The van der Waals surface area contributed by atoms with Crippen molar-refractivity contribution in [3.8, 4) is 0 Å². The van der Waals surface area contributed by atoms with E-state index in [4.69, 9.17) is 4.74 Å². The summed E-state index contributed by atoms with van der Waals surface area (Å²) in [4.78, 5) is 13.9. The van der Waals surface area contributed by atoms with Crippen LogP contribution in [-0.2, 0) is 24.0 Å². The summed E-state index contributed by atoms with van der Waals surface area (Å²) in [6.45, 7) is 3.37. The number of rotatable bonds is 6. The standard InChI is InChI=1S/C20H23NO2/c1-2-17-10-6-7-11-18(17)12-13-21-19(15-23-20(21)22)14-16-8-4-3-5-9-16/h3-11,19H,2,12-15H2,1H3. The van der Waals surface area contributed by atoms with E-state index in [1.54, 1.807) is 0 Å². The molecule has 1 aliphatic heterocycles. The Hall–Kier alpha value is -2.29. The maximum absolute atomic E-state index is 12.1. The van der Waals surface area contributed by atoms with Crippen LogP contribution in [0.1, 0.15) is 23.6 Å². The van der Waals surface area contributed by atoms with Crippen molar-refractivity contribution < 1.29 is 9.53 Å². The van der Waals surface area contributed by atoms with Gasteiger partial charge in [-0.25, -0.2) is 4.79 Å². The molecule has 0 radical (unpaired) electrons. The minimum absolute atomic E-state index is 0.138. The second kappa shape index (κ2) is 7.32. The van der Waals surface area contributed by atoms with Gasteiger partial charge in [0.05, 0.1) is 6.04 Å². The number of cyclic esters (lactones) is 1. The lowest BCUT2D eigenvalue weighted by atomic mass is 10.0. The Morgan fingerprint density at radius 3 is 2.48 bits per heavy atom. The zero-order valence-electron chi connectivity index (χ0n) is 13.6. The quantitative estimate of drug-likeness (QED) is 0.811. The van der Waals surface area contributed by atoms with E-state index in [0.717, 1.165) is 19.3 Å². The summed E-state index contributed by atoms with van der Waals surface area (Å²) in [6, 6.07) is 18.9. The highest BCUT2D eigenvalue weighted by Crippen LogP contribution is 2.19. The van der Waals surface area contributed by atoms with Crippen LogP contribution in [0.25, 0.3) is 0 Å². The molecule has 0 aromatic heterocycles. The van der Waals surface area contributed by atoms with Crippen LogP contribution in [0.5, 0.6) is 0 Å². The molecule has 120 valence electrons. The minimum atomic E-state index is -0.181. The van der Waals surface area contributed by atoms with Crippen LogP contribution in [0.3, 0.4) is 0 Å². The van der Waals surface area contributed by atoms with Crippen molar-refractivity contribution in [2.75, 3.05) is 13.2 Å². The fraction of sp³-hybridized carbons (Fsp3) is 0.350. The Morgan fingerprint density at radius 2 is 1.74 bits per heavy atom. The van der Waals surface area contributed by atoms with Crippen LogP contribution in [0.4, 0.5) is 4.79 Å². The zero-order chi connectivity index (χ0) is 16.1. The molecule has 0 saturated carbocycles. The molecule has 2 aromatic carbocycles. The average molecular weight is 309 g/mol. The molecule has 1 amide bonds. The minimum Gasteiger partial charge on any atom is -0.447 e. The Morgan fingerprint density at radius 1 is 1.04 bits per heavy atom. The molecule has 3 rings (SSSR count). The monoisotopic (exact) mass is 309 g/mol. The second-order valence-electron chi connectivity index (χ2n) is 5.99. The van der Waals surface area contributed by atoms with Crippen molar-refractivity contribution in [1.29, 1.82) is 0 Å². The van der Waals surface area contributed by atoms with Gasteiger partial charge in [-0.2, -0.15) is 0 Å². The van der Waals surface area contributed by atoms with Crippen molar-refractivity contribution in [2.45, 2.75) is 32.2 Å². The SMILES string of the molecule is CCc1ccccc1CCN1C(=O)OCC1Cc1ccccc1. The third-order valence-corrected chi connectivity index (χ3v) is 4.51. The fourth-order valence-corrected chi connectivity index (χ4v) is 3.21. The Labute approximate surface area is 137 Å². The normalized spacial score (nSPS) is 17.3. The van der Waals surface area contributed by atoms with Gasteiger partial charge in [0.15, 0.2) is 0 Å². The predicted octanol–water partition coefficient (Wildman–Crippen LogP) is 3.86. The Kier molecular flexibility index (Phi) is 4.96. The lowest BCUT2D eigenvalue weighted by molar-refractivity contribution is 0.158. The maximum Gasteiger partial charge on any atom is 0.410 e. The Balaban J connectivity index is 1.66. The molecule has 0 aliphatic carbocycles. The van der Waals surface area contributed by atoms with Crippen molar-refractivity contribution >= 4 is 6.09 Å². The van der Waals surface area contributed by atoms with E-state index in [1.165, 1.54) is 16.7 Å². The summed E-state index contributed by atoms with van der Waals surface area (Å²) in [5.41, 5.74) is 3.93. The zero-order valence-corrected chi connectivity index (χ0v) is 13.6. The van der Waals surface area contributed by atoms with Gasteiger partial charge in [0.1, 0.15) is 6.61 Å². The fourth-order valence-electron chi connectivity index (χ4n) is 3.21. The maximum atomic E-state index is 12.1. The summed E-state index contributed by atoms with van der Waals surface area (Å²) >= 11 is 0. The molecule has 1 saturated heterocycles. The topological polar surface area (TPSA) is 29.5 Å². The van der Waals surface area contributed by atoms with Crippen LogP contribution >= 0.6 is 0 Å². The number of benzene rings is 2. The number of carbonyl (C=O) groups excluding carboxylic acids is 1. The van der Waals surface area contributed by atoms with E-state index in [1.807, 2.05) is 23.1 Å². The summed E-state index contributed by atoms with van der Waals surface area (Å²) in [6.07, 6.45) is 2.57. The highest BCUT2D eigenvalue weighted by Gasteiger charge is 2.32. The Bertz CT molecular complexity index is 654. The molecule has 2 aromatic rings. The van der Waals surface area contributed by atoms with E-state index in [2.05, 4.69) is 43.3 Å². The van der Waals surface area contributed by atoms with Gasteiger partial charge in [0, 0.05) is 6.54 Å². The van der Waals surface area contributed by atoms with E-state index < -0.39 is 0 Å². The molecular weight excluding hydrogens is 286 g/mol. The molecule has 3 heteroatoms. The van der Waals surface area contributed by atoms with Crippen molar-refractivity contribution in [2.24, 2.45) is 0 Å². The second-order valence-corrected chi connectivity index (χ2v) is 5.99. The molecule has 1 heterocycles. The van der Waals surface area contributed by atoms with Gasteiger partial charge in [-0.05, 0) is 36.0 Å². The molecule has 1 atom stereocenters. The number of hydrogen-bond donors (Lipinski definition) is 0. The lowest BCUT2D eigenvalue weighted by Gasteiger charge is -2.22. The number of hydrogen-bond acceptors (Lipinski definition) is 2. The third kappa shape index (κ3) is 3.73. The largest absolute Gasteiger partial charge is 0.447 e. The molecule has 1 aliphatic rings. The summed E-state index contributed by atoms with van der Waals surface area (Å²) in [5, 5.41) is 0. The van der Waals surface area contributed by atoms with Crippen LogP contribution in [0.15, 0.2) is 54.6 Å². The van der Waals surface area contributed by atoms with E-state index in [0.29, 0.717) is 13.2 Å². The van der Waals surface area contributed by atoms with Gasteiger partial charge in [-0.15, -0.1) is 0 Å². The highest BCUT2D eigenvalue weighted by atomic mass is 16.6. The number of amides is 1. The van der Waals surface area contributed by atoms with E-state index in [9.17, 15) is 4.79 Å². The molecular formula is C20H23NO2. The first-order chi connectivity index (χ1) is 11.3. The van der Waals surface area contributed by atoms with Crippen LogP contribution in [-0.4, -0.2) is 30.2 Å². The van der Waals surface area contributed by atoms with Crippen molar-refractivity contribution in [3.05, 3.63) is 71.3 Å². The molecule has 0 bridgehead atoms. The number of carbonyl (C=O) groups is 1. The molecule has 3 nitrogen and oxygen atoms in total. The molecule has 1 fully saturated rings. The molecule has 1 unspecified atom stereocenters. The molecule has 23 heavy (non-hydrogen) atoms. The van der Waals surface area contributed by atoms with Gasteiger partial charge in [0.2, 0.25) is 0 Å². The van der Waals surface area contributed by atoms with Gasteiger partial charge in [-0.1, -0.05) is 61.5 Å². The first-order valence-electron chi connectivity index (χ1n) is 8.32. The van der Waals surface area contributed by atoms with E-state index >= 15 is 0 Å². The van der Waals surface area contributed by atoms with Crippen molar-refractivity contribution in [3.63, 3.8) is 0 Å². The molecule has 0 N–H and O–H groups in total. The van der Waals surface area contributed by atoms with Gasteiger partial charge in [-0.3, -0.25) is 0 Å². The van der Waals surface area contributed by atoms with Crippen LogP contribution < -0.4 is 0 Å². The summed E-state index contributed by atoms with van der Waals surface area (Å²) in [5.74, 6) is 0. The van der Waals surface area contributed by atoms with Crippen LogP contribution in [0.2, 0.25) is 0 Å². The molecule has 0 spiro atoms. The third-order valence-electron chi connectivity index (χ3n) is 4.51. The van der Waals surface area contributed by atoms with E-state index in [-0.39, 0.29) is 12.1 Å². The highest BCUT2D eigenvalue weighted by molar-refractivity contribution is 5.70. The number of aryl methyl sites for hydroxylation is 1. The van der Waals surface area contributed by atoms with Gasteiger partial charge < -0.3 is 9.64 Å². The average Bonchev–Trinajstić information content (AvgIpc) is 2.94. The number of nitrogens with zero attached hydrogens (tertiary/aromatic N) is 1. The van der Waals surface area contributed by atoms with Crippen LogP contribution in [0, 0.1) is 0 Å². The smallest absolute Gasteiger partial charge is 0.410 e. The summed E-state index contributed by atoms with van der Waals surface area (Å²) < 4.78 is 5.28. The first kappa shape index (κ1) is 15.6. The lowest BCUT2D eigenvalue weighted by Crippen LogP contribution is -2.36. The first-order valence-corrected chi connectivity index (χ1v) is 8.32. The number of ether oxygens (including phenoxy) is 1.